The van der Waals surface area contributed by atoms with Crippen molar-refractivity contribution in [1.29, 1.82) is 0 Å². The van der Waals surface area contributed by atoms with E-state index in [9.17, 15) is 9.59 Å². The fourth-order valence-electron chi connectivity index (χ4n) is 4.04. The number of nitrogens with zero attached hydrogens (tertiary/aromatic N) is 2. The van der Waals surface area contributed by atoms with Gasteiger partial charge in [-0.25, -0.2) is 9.97 Å². The molecule has 4 aromatic carbocycles. The highest BCUT2D eigenvalue weighted by Gasteiger charge is 2.10. The molecule has 2 aromatic heterocycles. The monoisotopic (exact) mass is 580 g/mol. The van der Waals surface area contributed by atoms with Crippen LogP contribution in [0.15, 0.2) is 107 Å². The molecule has 6 aromatic rings. The number of H-pyrrole nitrogens is 2. The van der Waals surface area contributed by atoms with Crippen molar-refractivity contribution in [3.8, 4) is 11.5 Å². The summed E-state index contributed by atoms with van der Waals surface area (Å²) in [6, 6.07) is 29.8. The molecule has 0 aliphatic carbocycles. The highest BCUT2D eigenvalue weighted by Crippen LogP contribution is 2.26. The molecule has 0 atom stereocenters. The fourth-order valence-corrected chi connectivity index (χ4v) is 5.41. The lowest BCUT2D eigenvalue weighted by atomic mass is 10.2. The Labute approximate surface area is 243 Å². The number of nitrogens with one attached hydrogen (secondary N) is 4. The van der Waals surface area contributed by atoms with E-state index in [0.717, 1.165) is 22.1 Å². The Balaban J connectivity index is 0.977. The van der Waals surface area contributed by atoms with Crippen molar-refractivity contribution in [3.63, 3.8) is 0 Å². The minimum atomic E-state index is -0.147. The molecule has 11 heteroatoms. The molecule has 204 valence electrons. The van der Waals surface area contributed by atoms with E-state index in [1.165, 1.54) is 23.5 Å². The smallest absolute Gasteiger partial charge is 0.234 e. The number of fused-ring (bicyclic) bond motifs is 2. The van der Waals surface area contributed by atoms with E-state index in [2.05, 4.69) is 30.6 Å². The maximum Gasteiger partial charge on any atom is 0.234 e. The number of amides is 2. The van der Waals surface area contributed by atoms with Crippen molar-refractivity contribution in [2.75, 3.05) is 22.1 Å². The molecule has 0 fully saturated rings. The van der Waals surface area contributed by atoms with Crippen LogP contribution in [0.3, 0.4) is 0 Å². The Kier molecular flexibility index (Phi) is 7.88. The number of carbonyl (C=O) groups is 2. The topological polar surface area (TPSA) is 125 Å². The molecule has 0 aliphatic heterocycles. The summed E-state index contributed by atoms with van der Waals surface area (Å²) in [5.41, 5.74) is 4.91. The van der Waals surface area contributed by atoms with Gasteiger partial charge in [-0.2, -0.15) is 0 Å². The molecule has 0 spiro atoms. The van der Waals surface area contributed by atoms with Gasteiger partial charge < -0.3 is 25.3 Å². The summed E-state index contributed by atoms with van der Waals surface area (Å²) in [5.74, 6) is 1.34. The van der Waals surface area contributed by atoms with Crippen LogP contribution in [-0.4, -0.2) is 43.3 Å². The Morgan fingerprint density at radius 2 is 1.20 bits per heavy atom. The lowest BCUT2D eigenvalue weighted by Gasteiger charge is -2.10. The maximum absolute atomic E-state index is 12.5. The van der Waals surface area contributed by atoms with Crippen LogP contribution < -0.4 is 15.4 Å². The molecular weight excluding hydrogens is 557 g/mol. The Bertz CT molecular complexity index is 1770. The number of rotatable bonds is 10. The third-order valence-electron chi connectivity index (χ3n) is 5.91. The molecular formula is C30H24N6O3S2. The van der Waals surface area contributed by atoms with E-state index in [-0.39, 0.29) is 23.3 Å². The van der Waals surface area contributed by atoms with Gasteiger partial charge >= 0.3 is 0 Å². The van der Waals surface area contributed by atoms with E-state index in [0.29, 0.717) is 33.2 Å². The molecule has 0 radical (unpaired) electrons. The maximum atomic E-state index is 12.5. The number of carbonyl (C=O) groups excluding carboxylic acids is 2. The number of para-hydroxylation sites is 4. The van der Waals surface area contributed by atoms with Crippen molar-refractivity contribution in [2.24, 2.45) is 0 Å². The second-order valence-electron chi connectivity index (χ2n) is 8.95. The van der Waals surface area contributed by atoms with Gasteiger partial charge in [-0.1, -0.05) is 53.9 Å². The van der Waals surface area contributed by atoms with Crippen LogP contribution in [0, 0.1) is 0 Å². The van der Waals surface area contributed by atoms with Gasteiger partial charge in [0.2, 0.25) is 11.8 Å². The number of ether oxygens (including phenoxy) is 1. The highest BCUT2D eigenvalue weighted by atomic mass is 32.2. The number of anilines is 2. The zero-order chi connectivity index (χ0) is 28.0. The number of imidazole rings is 2. The van der Waals surface area contributed by atoms with Gasteiger partial charge in [-0.3, -0.25) is 9.59 Å². The fraction of sp³-hybridized carbons (Fsp3) is 0.0667. The quantitative estimate of drug-likeness (QED) is 0.133. The van der Waals surface area contributed by atoms with Crippen LogP contribution in [0.25, 0.3) is 22.1 Å². The van der Waals surface area contributed by atoms with Gasteiger partial charge in [0.05, 0.1) is 33.6 Å². The van der Waals surface area contributed by atoms with Crippen molar-refractivity contribution in [1.82, 2.24) is 19.9 Å². The van der Waals surface area contributed by atoms with Crippen LogP contribution in [-0.2, 0) is 9.59 Å². The molecule has 0 unspecified atom stereocenters. The summed E-state index contributed by atoms with van der Waals surface area (Å²) < 4.78 is 5.96. The third-order valence-corrected chi connectivity index (χ3v) is 7.65. The average molecular weight is 581 g/mol. The molecule has 0 aliphatic rings. The van der Waals surface area contributed by atoms with Crippen molar-refractivity contribution < 1.29 is 14.3 Å². The van der Waals surface area contributed by atoms with E-state index >= 15 is 0 Å². The number of aromatic nitrogens is 4. The van der Waals surface area contributed by atoms with Gasteiger partial charge in [0, 0.05) is 17.4 Å². The lowest BCUT2D eigenvalue weighted by Crippen LogP contribution is -2.14. The molecule has 9 nitrogen and oxygen atoms in total. The second kappa shape index (κ2) is 12.2. The minimum absolute atomic E-state index is 0.133. The largest absolute Gasteiger partial charge is 0.457 e. The number of benzene rings is 4. The normalized spacial score (nSPS) is 11.0. The second-order valence-corrected chi connectivity index (χ2v) is 10.9. The zero-order valence-electron chi connectivity index (χ0n) is 21.6. The van der Waals surface area contributed by atoms with E-state index < -0.39 is 0 Å². The summed E-state index contributed by atoms with van der Waals surface area (Å²) in [4.78, 5) is 40.3. The Hall–Kier alpha value is -4.74. The lowest BCUT2D eigenvalue weighted by molar-refractivity contribution is -0.114. The van der Waals surface area contributed by atoms with Gasteiger partial charge in [-0.15, -0.1) is 0 Å². The summed E-state index contributed by atoms with van der Waals surface area (Å²) >= 11 is 2.69. The van der Waals surface area contributed by atoms with E-state index in [1.807, 2.05) is 60.7 Å². The summed E-state index contributed by atoms with van der Waals surface area (Å²) in [5, 5.41) is 7.18. The van der Waals surface area contributed by atoms with Gasteiger partial charge in [0.25, 0.3) is 0 Å². The highest BCUT2D eigenvalue weighted by molar-refractivity contribution is 8.00. The minimum Gasteiger partial charge on any atom is -0.457 e. The van der Waals surface area contributed by atoms with Gasteiger partial charge in [0.15, 0.2) is 10.3 Å². The first-order valence-corrected chi connectivity index (χ1v) is 14.7. The molecule has 4 N–H and O–H groups in total. The first kappa shape index (κ1) is 26.5. The predicted molar refractivity (Wildman–Crippen MR) is 164 cm³/mol. The van der Waals surface area contributed by atoms with Crippen LogP contribution in [0.1, 0.15) is 0 Å². The molecule has 2 heterocycles. The summed E-state index contributed by atoms with van der Waals surface area (Å²) in [6.07, 6.45) is 0. The molecule has 2 amide bonds. The standard InChI is InChI=1S/C30H24N6O3S2/c37-27(17-40-29-33-23-8-1-2-9-24(23)34-29)31-19-12-14-21(15-13-19)39-22-7-5-6-20(16-22)32-28(38)18-41-30-35-25-10-3-4-11-26(25)36-30/h1-16H,17-18H2,(H,31,37)(H,32,38)(H,33,34)(H,35,36). The van der Waals surface area contributed by atoms with E-state index in [1.54, 1.807) is 36.4 Å². The summed E-state index contributed by atoms with van der Waals surface area (Å²) in [6.45, 7) is 0. The average Bonchev–Trinajstić information content (AvgIpc) is 3.60. The Morgan fingerprint density at radius 3 is 1.78 bits per heavy atom. The van der Waals surface area contributed by atoms with Gasteiger partial charge in [0.1, 0.15) is 11.5 Å². The SMILES string of the molecule is O=C(CSc1nc2ccccc2[nH]1)Nc1ccc(Oc2cccc(NC(=O)CSc3nc4ccccc4[nH]3)c2)cc1. The molecule has 0 saturated carbocycles. The van der Waals surface area contributed by atoms with Crippen LogP contribution in [0.4, 0.5) is 11.4 Å². The number of thioether (sulfide) groups is 2. The van der Waals surface area contributed by atoms with Crippen molar-refractivity contribution in [2.45, 2.75) is 10.3 Å². The molecule has 0 bridgehead atoms. The molecule has 0 saturated heterocycles. The predicted octanol–water partition coefficient (Wildman–Crippen LogP) is 6.69. The number of hydrogen-bond acceptors (Lipinski definition) is 7. The first-order chi connectivity index (χ1) is 20.1. The van der Waals surface area contributed by atoms with Crippen LogP contribution in [0.2, 0.25) is 0 Å². The summed E-state index contributed by atoms with van der Waals surface area (Å²) in [7, 11) is 0. The zero-order valence-corrected chi connectivity index (χ0v) is 23.2. The van der Waals surface area contributed by atoms with Crippen molar-refractivity contribution >= 4 is 68.8 Å². The van der Waals surface area contributed by atoms with Gasteiger partial charge in [-0.05, 0) is 60.7 Å². The first-order valence-electron chi connectivity index (χ1n) is 12.7. The van der Waals surface area contributed by atoms with E-state index in [4.69, 9.17) is 4.74 Å². The number of aromatic amines is 2. The van der Waals surface area contributed by atoms with Crippen LogP contribution >= 0.6 is 23.5 Å². The molecule has 6 rings (SSSR count). The van der Waals surface area contributed by atoms with Crippen LogP contribution in [0.5, 0.6) is 11.5 Å². The third kappa shape index (κ3) is 6.89. The number of hydrogen-bond donors (Lipinski definition) is 4. The molecule has 41 heavy (non-hydrogen) atoms. The van der Waals surface area contributed by atoms with Crippen molar-refractivity contribution in [3.05, 3.63) is 97.1 Å². The Morgan fingerprint density at radius 1 is 0.634 bits per heavy atom.